The number of amides is 1. The normalized spacial score (nSPS) is 12.0. The minimum Gasteiger partial charge on any atom is -0.480 e. The van der Waals surface area contributed by atoms with Crippen molar-refractivity contribution in [1.29, 1.82) is 0 Å². The van der Waals surface area contributed by atoms with Crippen molar-refractivity contribution in [3.63, 3.8) is 0 Å². The summed E-state index contributed by atoms with van der Waals surface area (Å²) in [6.07, 6.45) is -0.974. The average molecular weight is 345 g/mol. The van der Waals surface area contributed by atoms with E-state index in [0.29, 0.717) is 5.75 Å². The van der Waals surface area contributed by atoms with Crippen LogP contribution in [0, 0.1) is 17.5 Å². The molecule has 0 bridgehead atoms. The summed E-state index contributed by atoms with van der Waals surface area (Å²) in [5.74, 6) is -4.61. The van der Waals surface area contributed by atoms with E-state index >= 15 is 0 Å². The van der Waals surface area contributed by atoms with Crippen molar-refractivity contribution in [2.75, 3.05) is 5.32 Å². The number of carbonyl (C=O) groups is 1. The van der Waals surface area contributed by atoms with E-state index in [1.807, 2.05) is 30.3 Å². The van der Waals surface area contributed by atoms with Gasteiger partial charge >= 0.3 is 0 Å². The monoisotopic (exact) mass is 345 g/mol. The molecule has 1 amide bonds. The second-order valence-corrected chi connectivity index (χ2v) is 5.45. The van der Waals surface area contributed by atoms with Crippen molar-refractivity contribution in [1.82, 2.24) is 0 Å². The SMILES string of the molecule is C[C@@H](Oc1cccc2ccccc12)C(=O)Nc1ccc(F)c(F)c1F. The molecule has 1 N–H and O–H groups in total. The lowest BCUT2D eigenvalue weighted by atomic mass is 10.1. The van der Waals surface area contributed by atoms with Gasteiger partial charge in [0.25, 0.3) is 5.91 Å². The number of ether oxygens (including phenoxy) is 1. The van der Waals surface area contributed by atoms with Crippen LogP contribution in [0.5, 0.6) is 5.75 Å². The lowest BCUT2D eigenvalue weighted by Gasteiger charge is -2.16. The highest BCUT2D eigenvalue weighted by atomic mass is 19.2. The molecule has 3 nitrogen and oxygen atoms in total. The maximum atomic E-state index is 13.7. The van der Waals surface area contributed by atoms with Gasteiger partial charge in [0, 0.05) is 5.39 Å². The van der Waals surface area contributed by atoms with Crippen LogP contribution in [0.15, 0.2) is 54.6 Å². The molecule has 0 saturated heterocycles. The maximum absolute atomic E-state index is 13.7. The van der Waals surface area contributed by atoms with E-state index in [1.54, 1.807) is 12.1 Å². The Morgan fingerprint density at radius 2 is 1.68 bits per heavy atom. The fourth-order valence-corrected chi connectivity index (χ4v) is 2.40. The zero-order chi connectivity index (χ0) is 18.0. The first-order valence-electron chi connectivity index (χ1n) is 7.56. The number of fused-ring (bicyclic) bond motifs is 1. The molecule has 0 aromatic heterocycles. The summed E-state index contributed by atoms with van der Waals surface area (Å²) in [5, 5.41) is 3.97. The zero-order valence-corrected chi connectivity index (χ0v) is 13.2. The van der Waals surface area contributed by atoms with E-state index in [4.69, 9.17) is 4.74 Å². The number of benzene rings is 3. The highest BCUT2D eigenvalue weighted by Crippen LogP contribution is 2.26. The molecule has 3 aromatic rings. The summed E-state index contributed by atoms with van der Waals surface area (Å²) in [6, 6.07) is 14.6. The smallest absolute Gasteiger partial charge is 0.265 e. The molecule has 0 aliphatic rings. The standard InChI is InChI=1S/C19H14F3NO2/c1-11(19(24)23-15-10-9-14(20)17(21)18(15)22)25-16-8-4-6-12-5-2-3-7-13(12)16/h2-11H,1H3,(H,23,24)/t11-/m1/s1. The topological polar surface area (TPSA) is 38.3 Å². The predicted molar refractivity (Wildman–Crippen MR) is 89.0 cm³/mol. The molecule has 0 aliphatic heterocycles. The Labute approximate surface area is 142 Å². The van der Waals surface area contributed by atoms with Crippen molar-refractivity contribution in [2.24, 2.45) is 0 Å². The zero-order valence-electron chi connectivity index (χ0n) is 13.2. The van der Waals surface area contributed by atoms with Gasteiger partial charge in [-0.15, -0.1) is 0 Å². The van der Waals surface area contributed by atoms with Crippen LogP contribution in [0.1, 0.15) is 6.92 Å². The molecule has 0 radical (unpaired) electrons. The second-order valence-electron chi connectivity index (χ2n) is 5.45. The maximum Gasteiger partial charge on any atom is 0.265 e. The number of hydrogen-bond acceptors (Lipinski definition) is 2. The van der Waals surface area contributed by atoms with E-state index in [2.05, 4.69) is 5.32 Å². The van der Waals surface area contributed by atoms with Crippen molar-refractivity contribution >= 4 is 22.4 Å². The minimum absolute atomic E-state index is 0.447. The predicted octanol–water partition coefficient (Wildman–Crippen LogP) is 4.66. The van der Waals surface area contributed by atoms with Crippen LogP contribution < -0.4 is 10.1 Å². The van der Waals surface area contributed by atoms with Gasteiger partial charge in [-0.3, -0.25) is 4.79 Å². The number of rotatable bonds is 4. The van der Waals surface area contributed by atoms with Crippen LogP contribution in [0.2, 0.25) is 0 Å². The largest absolute Gasteiger partial charge is 0.480 e. The van der Waals surface area contributed by atoms with E-state index < -0.39 is 35.2 Å². The van der Waals surface area contributed by atoms with Gasteiger partial charge in [0.2, 0.25) is 0 Å². The van der Waals surface area contributed by atoms with Crippen molar-refractivity contribution in [3.8, 4) is 5.75 Å². The molecule has 0 aliphatic carbocycles. The summed E-state index contributed by atoms with van der Waals surface area (Å²) >= 11 is 0. The van der Waals surface area contributed by atoms with Gasteiger partial charge in [-0.1, -0.05) is 36.4 Å². The van der Waals surface area contributed by atoms with E-state index in [9.17, 15) is 18.0 Å². The molecule has 128 valence electrons. The molecule has 6 heteroatoms. The summed E-state index contributed by atoms with van der Waals surface area (Å²) in [5.41, 5.74) is -0.447. The van der Waals surface area contributed by atoms with Gasteiger partial charge in [-0.05, 0) is 30.5 Å². The Kier molecular flexibility index (Phi) is 4.61. The molecular formula is C19H14F3NO2. The molecule has 0 saturated carbocycles. The Hall–Kier alpha value is -3.02. The Balaban J connectivity index is 1.78. The van der Waals surface area contributed by atoms with Gasteiger partial charge in [0.1, 0.15) is 5.75 Å². The molecule has 0 heterocycles. The Bertz CT molecular complexity index is 938. The van der Waals surface area contributed by atoms with E-state index in [-0.39, 0.29) is 0 Å². The van der Waals surface area contributed by atoms with Crippen LogP contribution in [-0.4, -0.2) is 12.0 Å². The summed E-state index contributed by atoms with van der Waals surface area (Å²) < 4.78 is 45.5. The molecular weight excluding hydrogens is 331 g/mol. The highest BCUT2D eigenvalue weighted by molar-refractivity contribution is 5.95. The van der Waals surface area contributed by atoms with Crippen LogP contribution in [-0.2, 0) is 4.79 Å². The third-order valence-electron chi connectivity index (χ3n) is 3.72. The fourth-order valence-electron chi connectivity index (χ4n) is 2.40. The average Bonchev–Trinajstić information content (AvgIpc) is 2.62. The number of carbonyl (C=O) groups excluding carboxylic acids is 1. The van der Waals surface area contributed by atoms with Crippen LogP contribution >= 0.6 is 0 Å². The summed E-state index contributed by atoms with van der Waals surface area (Å²) in [6.45, 7) is 1.48. The molecule has 3 aromatic carbocycles. The molecule has 0 fully saturated rings. The quantitative estimate of drug-likeness (QED) is 0.698. The molecule has 1 atom stereocenters. The number of halogens is 3. The lowest BCUT2D eigenvalue weighted by Crippen LogP contribution is -2.30. The first kappa shape index (κ1) is 16.8. The van der Waals surface area contributed by atoms with Gasteiger partial charge in [-0.2, -0.15) is 0 Å². The number of anilines is 1. The van der Waals surface area contributed by atoms with E-state index in [0.717, 1.165) is 22.9 Å². The van der Waals surface area contributed by atoms with E-state index in [1.165, 1.54) is 6.92 Å². The first-order valence-corrected chi connectivity index (χ1v) is 7.56. The van der Waals surface area contributed by atoms with Crippen LogP contribution in [0.25, 0.3) is 10.8 Å². The second kappa shape index (κ2) is 6.84. The van der Waals surface area contributed by atoms with Gasteiger partial charge < -0.3 is 10.1 Å². The molecule has 0 unspecified atom stereocenters. The third kappa shape index (κ3) is 3.42. The Morgan fingerprint density at radius 1 is 0.960 bits per heavy atom. The first-order chi connectivity index (χ1) is 12.0. The lowest BCUT2D eigenvalue weighted by molar-refractivity contribution is -0.122. The van der Waals surface area contributed by atoms with Crippen LogP contribution in [0.3, 0.4) is 0 Å². The highest BCUT2D eigenvalue weighted by Gasteiger charge is 2.20. The molecule has 25 heavy (non-hydrogen) atoms. The molecule has 0 spiro atoms. The van der Waals surface area contributed by atoms with Gasteiger partial charge in [0.15, 0.2) is 23.6 Å². The van der Waals surface area contributed by atoms with Crippen molar-refractivity contribution in [2.45, 2.75) is 13.0 Å². The fraction of sp³-hybridized carbons (Fsp3) is 0.105. The summed E-state index contributed by atoms with van der Waals surface area (Å²) in [7, 11) is 0. The third-order valence-corrected chi connectivity index (χ3v) is 3.72. The summed E-state index contributed by atoms with van der Waals surface area (Å²) in [4.78, 5) is 12.2. The number of hydrogen-bond donors (Lipinski definition) is 1. The van der Waals surface area contributed by atoms with Crippen molar-refractivity contribution in [3.05, 3.63) is 72.0 Å². The van der Waals surface area contributed by atoms with Crippen molar-refractivity contribution < 1.29 is 22.7 Å². The van der Waals surface area contributed by atoms with Gasteiger partial charge in [0.05, 0.1) is 5.69 Å². The molecule has 3 rings (SSSR count). The minimum atomic E-state index is -1.64. The number of nitrogens with one attached hydrogen (secondary N) is 1. The Morgan fingerprint density at radius 3 is 2.48 bits per heavy atom. The van der Waals surface area contributed by atoms with Gasteiger partial charge in [-0.25, -0.2) is 13.2 Å². The van der Waals surface area contributed by atoms with Crippen LogP contribution in [0.4, 0.5) is 18.9 Å².